The molecule has 11 aromatic rings. The molecule has 0 N–H and O–H groups in total. The van der Waals surface area contributed by atoms with Gasteiger partial charge in [0.1, 0.15) is 5.65 Å². The van der Waals surface area contributed by atoms with Crippen molar-refractivity contribution in [2.24, 2.45) is 0 Å². The van der Waals surface area contributed by atoms with Crippen LogP contribution in [0.4, 0.5) is 0 Å². The van der Waals surface area contributed by atoms with E-state index in [1.54, 1.807) is 0 Å². The van der Waals surface area contributed by atoms with Gasteiger partial charge in [-0.3, -0.25) is 4.40 Å². The molecule has 3 aromatic heterocycles. The number of pyridine rings is 1. The molecule has 5 heteroatoms. The second-order valence-electron chi connectivity index (χ2n) is 16.2. The standard InChI is InChI=1S/C57H35N5/c1-3-16-38(17-4-1)52-51(58-56-42-20-8-7-15-36(42)33-34-62(52)56)37-27-29-40(30-28-37)54-59-53(39-18-5-2-6-19-39)60-55(61-54)41-31-32-46-45-23-11-14-26-49(45)57(50(46)35-41)47-24-12-9-21-43(47)44-22-10-13-25-48(44)57/h1-35H. The van der Waals surface area contributed by atoms with E-state index in [4.69, 9.17) is 19.9 Å². The summed E-state index contributed by atoms with van der Waals surface area (Å²) in [6, 6.07) is 73.3. The van der Waals surface area contributed by atoms with Crippen molar-refractivity contribution < 1.29 is 0 Å². The van der Waals surface area contributed by atoms with Gasteiger partial charge in [-0.15, -0.1) is 0 Å². The van der Waals surface area contributed by atoms with Crippen LogP contribution in [0, 0.1) is 0 Å². The van der Waals surface area contributed by atoms with E-state index >= 15 is 0 Å². The van der Waals surface area contributed by atoms with Crippen LogP contribution < -0.4 is 0 Å². The molecule has 1 spiro atoms. The molecule has 3 heterocycles. The van der Waals surface area contributed by atoms with Crippen molar-refractivity contribution in [1.82, 2.24) is 24.3 Å². The van der Waals surface area contributed by atoms with E-state index in [1.807, 2.05) is 18.2 Å². The topological polar surface area (TPSA) is 56.0 Å². The molecule has 288 valence electrons. The summed E-state index contributed by atoms with van der Waals surface area (Å²) in [6.45, 7) is 0. The second-order valence-corrected chi connectivity index (χ2v) is 16.2. The Morgan fingerprint density at radius 3 is 1.44 bits per heavy atom. The zero-order valence-corrected chi connectivity index (χ0v) is 33.4. The maximum absolute atomic E-state index is 5.32. The number of benzene rings is 8. The average molecular weight is 790 g/mol. The highest BCUT2D eigenvalue weighted by Crippen LogP contribution is 2.63. The molecule has 0 atom stereocenters. The van der Waals surface area contributed by atoms with Gasteiger partial charge in [0.05, 0.1) is 16.8 Å². The first-order valence-electron chi connectivity index (χ1n) is 21.1. The third kappa shape index (κ3) is 4.96. The average Bonchev–Trinajstić information content (AvgIpc) is 3.99. The minimum Gasteiger partial charge on any atom is -0.298 e. The molecule has 0 bridgehead atoms. The maximum atomic E-state index is 5.32. The molecule has 0 amide bonds. The summed E-state index contributed by atoms with van der Waals surface area (Å²) in [6.07, 6.45) is 2.13. The van der Waals surface area contributed by atoms with Crippen molar-refractivity contribution in [3.05, 3.63) is 235 Å². The first-order chi connectivity index (χ1) is 30.7. The number of rotatable bonds is 5. The number of hydrogen-bond acceptors (Lipinski definition) is 4. The Balaban J connectivity index is 0.975. The highest BCUT2D eigenvalue weighted by molar-refractivity contribution is 5.98. The van der Waals surface area contributed by atoms with Crippen LogP contribution in [-0.4, -0.2) is 24.3 Å². The fourth-order valence-corrected chi connectivity index (χ4v) is 10.2. The van der Waals surface area contributed by atoms with E-state index in [0.29, 0.717) is 17.5 Å². The minimum absolute atomic E-state index is 0.466. The van der Waals surface area contributed by atoms with Crippen LogP contribution in [0.25, 0.3) is 95.4 Å². The molecule has 0 saturated heterocycles. The largest absolute Gasteiger partial charge is 0.298 e. The zero-order chi connectivity index (χ0) is 40.8. The van der Waals surface area contributed by atoms with Gasteiger partial charge < -0.3 is 0 Å². The highest BCUT2D eigenvalue weighted by atomic mass is 15.0. The van der Waals surface area contributed by atoms with Crippen LogP contribution >= 0.6 is 0 Å². The van der Waals surface area contributed by atoms with Crippen LogP contribution in [0.5, 0.6) is 0 Å². The Morgan fingerprint density at radius 2 is 0.806 bits per heavy atom. The highest BCUT2D eigenvalue weighted by Gasteiger charge is 2.51. The van der Waals surface area contributed by atoms with E-state index in [9.17, 15) is 0 Å². The van der Waals surface area contributed by atoms with Crippen LogP contribution in [0.2, 0.25) is 0 Å². The summed E-state index contributed by atoms with van der Waals surface area (Å²) >= 11 is 0. The van der Waals surface area contributed by atoms with Gasteiger partial charge in [0, 0.05) is 39.4 Å². The van der Waals surface area contributed by atoms with E-state index in [2.05, 4.69) is 199 Å². The Bertz CT molecular complexity index is 3510. The van der Waals surface area contributed by atoms with Gasteiger partial charge in [-0.2, -0.15) is 0 Å². The van der Waals surface area contributed by atoms with E-state index in [0.717, 1.165) is 55.6 Å². The molecule has 2 aliphatic rings. The molecule has 0 saturated carbocycles. The van der Waals surface area contributed by atoms with Crippen molar-refractivity contribution in [2.75, 3.05) is 0 Å². The first kappa shape index (κ1) is 34.6. The number of imidazole rings is 1. The molecular weight excluding hydrogens is 755 g/mol. The van der Waals surface area contributed by atoms with Crippen molar-refractivity contribution in [3.8, 4) is 78.9 Å². The third-order valence-corrected chi connectivity index (χ3v) is 12.9. The van der Waals surface area contributed by atoms with Gasteiger partial charge in [0.25, 0.3) is 0 Å². The van der Waals surface area contributed by atoms with Gasteiger partial charge in [-0.05, 0) is 62.0 Å². The lowest BCUT2D eigenvalue weighted by Crippen LogP contribution is -2.25. The van der Waals surface area contributed by atoms with Crippen LogP contribution in [0.1, 0.15) is 22.3 Å². The minimum atomic E-state index is -0.466. The summed E-state index contributed by atoms with van der Waals surface area (Å²) in [4.78, 5) is 20.9. The van der Waals surface area contributed by atoms with Crippen LogP contribution in [0.3, 0.4) is 0 Å². The SMILES string of the molecule is c1ccc(-c2nc(-c3ccc(-c4nc5c6ccccc6ccn5c4-c4ccccc4)cc3)nc(-c3ccc4c(c3)C3(c5ccccc5-c5ccccc53)c3ccccc3-4)n2)cc1. The van der Waals surface area contributed by atoms with Crippen molar-refractivity contribution >= 4 is 16.4 Å². The smallest absolute Gasteiger partial charge is 0.164 e. The Morgan fingerprint density at radius 1 is 0.339 bits per heavy atom. The quantitative estimate of drug-likeness (QED) is 0.174. The maximum Gasteiger partial charge on any atom is 0.164 e. The Labute approximate surface area is 358 Å². The van der Waals surface area contributed by atoms with E-state index in [1.165, 1.54) is 44.5 Å². The summed E-state index contributed by atoms with van der Waals surface area (Å²) in [5, 5.41) is 2.27. The molecule has 0 fully saturated rings. The molecule has 62 heavy (non-hydrogen) atoms. The molecule has 13 rings (SSSR count). The molecule has 0 aliphatic heterocycles. The first-order valence-corrected chi connectivity index (χ1v) is 21.1. The van der Waals surface area contributed by atoms with Gasteiger partial charge >= 0.3 is 0 Å². The lowest BCUT2D eigenvalue weighted by atomic mass is 9.70. The predicted octanol–water partition coefficient (Wildman–Crippen LogP) is 13.4. The number of aromatic nitrogens is 5. The van der Waals surface area contributed by atoms with Gasteiger partial charge in [0.15, 0.2) is 17.5 Å². The zero-order valence-electron chi connectivity index (χ0n) is 33.4. The van der Waals surface area contributed by atoms with Crippen molar-refractivity contribution in [3.63, 3.8) is 0 Å². The molecule has 8 aromatic carbocycles. The molecule has 0 unspecified atom stereocenters. The van der Waals surface area contributed by atoms with Crippen LogP contribution in [0.15, 0.2) is 212 Å². The van der Waals surface area contributed by atoms with E-state index in [-0.39, 0.29) is 0 Å². The fourth-order valence-electron chi connectivity index (χ4n) is 10.2. The summed E-state index contributed by atoms with van der Waals surface area (Å²) in [5.41, 5.74) is 17.5. The lowest BCUT2D eigenvalue weighted by molar-refractivity contribution is 0.794. The molecule has 0 radical (unpaired) electrons. The lowest BCUT2D eigenvalue weighted by Gasteiger charge is -2.30. The van der Waals surface area contributed by atoms with Gasteiger partial charge in [-0.1, -0.05) is 194 Å². The second kappa shape index (κ2) is 13.4. The van der Waals surface area contributed by atoms with E-state index < -0.39 is 5.41 Å². The predicted molar refractivity (Wildman–Crippen MR) is 250 cm³/mol. The molecule has 5 nitrogen and oxygen atoms in total. The Hall–Kier alpha value is -8.28. The Kier molecular flexibility index (Phi) is 7.45. The fraction of sp³-hybridized carbons (Fsp3) is 0.0175. The third-order valence-electron chi connectivity index (χ3n) is 12.9. The number of hydrogen-bond donors (Lipinski definition) is 0. The van der Waals surface area contributed by atoms with Crippen molar-refractivity contribution in [1.29, 1.82) is 0 Å². The summed E-state index contributed by atoms with van der Waals surface area (Å²) in [5.74, 6) is 1.87. The van der Waals surface area contributed by atoms with Gasteiger partial charge in [0.2, 0.25) is 0 Å². The molecule has 2 aliphatic carbocycles. The number of nitrogens with zero attached hydrogens (tertiary/aromatic N) is 5. The monoisotopic (exact) mass is 789 g/mol. The van der Waals surface area contributed by atoms with Crippen LogP contribution in [-0.2, 0) is 5.41 Å². The number of fused-ring (bicyclic) bond motifs is 13. The van der Waals surface area contributed by atoms with Crippen molar-refractivity contribution in [2.45, 2.75) is 5.41 Å². The normalized spacial score (nSPS) is 13.0. The summed E-state index contributed by atoms with van der Waals surface area (Å²) < 4.78 is 2.22. The summed E-state index contributed by atoms with van der Waals surface area (Å²) in [7, 11) is 0. The van der Waals surface area contributed by atoms with Gasteiger partial charge in [-0.25, -0.2) is 19.9 Å². The molecular formula is C57H35N5.